The Bertz CT molecular complexity index is 364. The Balaban J connectivity index is 2.55. The molecule has 0 amide bonds. The van der Waals surface area contributed by atoms with Crippen molar-refractivity contribution in [1.82, 2.24) is 4.90 Å². The van der Waals surface area contributed by atoms with Gasteiger partial charge in [-0.15, -0.1) is 11.8 Å². The first-order chi connectivity index (χ1) is 7.50. The summed E-state index contributed by atoms with van der Waals surface area (Å²) in [5.41, 5.74) is 6.74. The largest absolute Gasteiger partial charge is 0.398 e. The van der Waals surface area contributed by atoms with Crippen LogP contribution in [0.5, 0.6) is 0 Å². The number of thioether (sulfide) groups is 1. The van der Waals surface area contributed by atoms with Crippen LogP contribution in [0.15, 0.2) is 29.2 Å². The third-order valence-corrected chi connectivity index (χ3v) is 3.93. The van der Waals surface area contributed by atoms with E-state index in [0.717, 1.165) is 22.0 Å². The lowest BCUT2D eigenvalue weighted by Crippen LogP contribution is -2.22. The first-order valence-corrected chi connectivity index (χ1v) is 6.51. The number of thiocarbonyl (C=S) groups is 1. The molecule has 0 aliphatic rings. The molecule has 0 aliphatic heterocycles. The minimum absolute atomic E-state index is 0.444. The van der Waals surface area contributed by atoms with Crippen LogP contribution >= 0.6 is 24.0 Å². The fourth-order valence-electron chi connectivity index (χ4n) is 1.27. The quantitative estimate of drug-likeness (QED) is 0.508. The van der Waals surface area contributed by atoms with Gasteiger partial charge in [0.05, 0.1) is 4.99 Å². The highest BCUT2D eigenvalue weighted by molar-refractivity contribution is 8.00. The van der Waals surface area contributed by atoms with Gasteiger partial charge >= 0.3 is 0 Å². The predicted octanol–water partition coefficient (Wildman–Crippen LogP) is 3.03. The minimum Gasteiger partial charge on any atom is -0.398 e. The average Bonchev–Trinajstić information content (AvgIpc) is 2.21. The molecule has 2 nitrogen and oxygen atoms in total. The molecule has 0 bridgehead atoms. The van der Waals surface area contributed by atoms with Gasteiger partial charge < -0.3 is 10.6 Å². The van der Waals surface area contributed by atoms with E-state index in [-0.39, 0.29) is 0 Å². The minimum atomic E-state index is 0.444. The van der Waals surface area contributed by atoms with Crippen LogP contribution in [0, 0.1) is 0 Å². The average molecular weight is 254 g/mol. The molecule has 16 heavy (non-hydrogen) atoms. The van der Waals surface area contributed by atoms with E-state index in [4.69, 9.17) is 18.0 Å². The predicted molar refractivity (Wildman–Crippen MR) is 77.1 cm³/mol. The van der Waals surface area contributed by atoms with E-state index >= 15 is 0 Å². The van der Waals surface area contributed by atoms with Gasteiger partial charge in [-0.2, -0.15) is 0 Å². The number of nitrogen functional groups attached to an aromatic ring is 1. The second kappa shape index (κ2) is 6.11. The van der Waals surface area contributed by atoms with Crippen LogP contribution < -0.4 is 5.73 Å². The van der Waals surface area contributed by atoms with Gasteiger partial charge in [0.1, 0.15) is 0 Å². The second-order valence-corrected chi connectivity index (χ2v) is 5.91. The molecule has 1 aromatic carbocycles. The molecular weight excluding hydrogens is 236 g/mol. The van der Waals surface area contributed by atoms with Gasteiger partial charge in [-0.3, -0.25) is 0 Å². The van der Waals surface area contributed by atoms with E-state index in [9.17, 15) is 0 Å². The highest BCUT2D eigenvalue weighted by Gasteiger charge is 2.10. The number of nitrogens with zero attached hydrogens (tertiary/aromatic N) is 1. The van der Waals surface area contributed by atoms with Gasteiger partial charge in [-0.25, -0.2) is 0 Å². The van der Waals surface area contributed by atoms with Gasteiger partial charge in [0, 0.05) is 36.3 Å². The van der Waals surface area contributed by atoms with Crippen molar-refractivity contribution in [2.75, 3.05) is 19.8 Å². The fourth-order valence-corrected chi connectivity index (χ4v) is 2.67. The maximum Gasteiger partial charge on any atom is 0.0785 e. The summed E-state index contributed by atoms with van der Waals surface area (Å²) < 4.78 is 0. The number of anilines is 1. The van der Waals surface area contributed by atoms with Crippen molar-refractivity contribution in [3.63, 3.8) is 0 Å². The van der Waals surface area contributed by atoms with E-state index in [1.807, 2.05) is 37.2 Å². The monoisotopic (exact) mass is 254 g/mol. The summed E-state index contributed by atoms with van der Waals surface area (Å²) in [4.78, 5) is 4.10. The molecule has 1 rings (SSSR count). The summed E-state index contributed by atoms with van der Waals surface area (Å²) in [6.45, 7) is 2.17. The van der Waals surface area contributed by atoms with Gasteiger partial charge in [0.15, 0.2) is 0 Å². The van der Waals surface area contributed by atoms with Gasteiger partial charge in [0.2, 0.25) is 0 Å². The molecular formula is C12H18N2S2. The first-order valence-electron chi connectivity index (χ1n) is 5.22. The van der Waals surface area contributed by atoms with E-state index in [1.54, 1.807) is 11.8 Å². The molecule has 4 heteroatoms. The number of para-hydroxylation sites is 1. The molecule has 0 saturated heterocycles. The van der Waals surface area contributed by atoms with Crippen LogP contribution in [0.25, 0.3) is 0 Å². The van der Waals surface area contributed by atoms with E-state index < -0.39 is 0 Å². The molecule has 1 atom stereocenters. The molecule has 2 N–H and O–H groups in total. The fraction of sp³-hybridized carbons (Fsp3) is 0.417. The van der Waals surface area contributed by atoms with Gasteiger partial charge in [-0.1, -0.05) is 31.3 Å². The van der Waals surface area contributed by atoms with Crippen molar-refractivity contribution in [3.05, 3.63) is 24.3 Å². The van der Waals surface area contributed by atoms with Gasteiger partial charge in [-0.05, 0) is 12.1 Å². The lowest BCUT2D eigenvalue weighted by atomic mass is 10.3. The van der Waals surface area contributed by atoms with Crippen LogP contribution in [-0.4, -0.2) is 29.2 Å². The van der Waals surface area contributed by atoms with Crippen LogP contribution in [0.3, 0.4) is 0 Å². The molecule has 0 unspecified atom stereocenters. The maximum atomic E-state index is 5.90. The summed E-state index contributed by atoms with van der Waals surface area (Å²) in [5, 5.41) is 0.444. The number of hydrogen-bond acceptors (Lipinski definition) is 3. The van der Waals surface area contributed by atoms with E-state index in [0.29, 0.717) is 5.25 Å². The van der Waals surface area contributed by atoms with Crippen molar-refractivity contribution in [3.8, 4) is 0 Å². The molecule has 0 aromatic heterocycles. The summed E-state index contributed by atoms with van der Waals surface area (Å²) >= 11 is 7.06. The number of nitrogens with two attached hydrogens (primary N) is 1. The second-order valence-electron chi connectivity index (χ2n) is 3.96. The molecule has 0 radical (unpaired) electrons. The Morgan fingerprint density at radius 3 is 2.62 bits per heavy atom. The Morgan fingerprint density at radius 1 is 1.44 bits per heavy atom. The Hall–Kier alpha value is -0.740. The summed E-state index contributed by atoms with van der Waals surface area (Å²) in [6.07, 6.45) is 0.904. The van der Waals surface area contributed by atoms with Crippen molar-refractivity contribution >= 4 is 34.7 Å². The lowest BCUT2D eigenvalue weighted by molar-refractivity contribution is 0.616. The van der Waals surface area contributed by atoms with Crippen LogP contribution in [0.2, 0.25) is 0 Å². The van der Waals surface area contributed by atoms with E-state index in [2.05, 4.69) is 13.0 Å². The highest BCUT2D eigenvalue weighted by atomic mass is 32.2. The van der Waals surface area contributed by atoms with Crippen molar-refractivity contribution in [2.45, 2.75) is 23.5 Å². The van der Waals surface area contributed by atoms with Crippen LogP contribution in [0.1, 0.15) is 13.3 Å². The summed E-state index contributed by atoms with van der Waals surface area (Å²) in [7, 11) is 3.97. The Morgan fingerprint density at radius 2 is 2.06 bits per heavy atom. The van der Waals surface area contributed by atoms with Crippen molar-refractivity contribution in [1.29, 1.82) is 0 Å². The Kier molecular flexibility index (Phi) is 5.09. The smallest absolute Gasteiger partial charge is 0.0785 e. The van der Waals surface area contributed by atoms with Crippen LogP contribution in [-0.2, 0) is 0 Å². The maximum absolute atomic E-state index is 5.90. The van der Waals surface area contributed by atoms with Crippen molar-refractivity contribution < 1.29 is 0 Å². The molecule has 0 saturated carbocycles. The normalized spacial score (nSPS) is 12.2. The third kappa shape index (κ3) is 4.02. The first kappa shape index (κ1) is 13.3. The molecule has 0 heterocycles. The molecule has 0 fully saturated rings. The Labute approximate surface area is 107 Å². The molecule has 0 aliphatic carbocycles. The number of benzene rings is 1. The third-order valence-electron chi connectivity index (χ3n) is 2.21. The van der Waals surface area contributed by atoms with Gasteiger partial charge in [0.25, 0.3) is 0 Å². The zero-order chi connectivity index (χ0) is 12.1. The summed E-state index contributed by atoms with van der Waals surface area (Å²) in [5.74, 6) is 0. The van der Waals surface area contributed by atoms with E-state index in [1.165, 1.54) is 0 Å². The zero-order valence-corrected chi connectivity index (χ0v) is 11.6. The number of hydrogen-bond donors (Lipinski definition) is 1. The van der Waals surface area contributed by atoms with Crippen molar-refractivity contribution in [2.24, 2.45) is 0 Å². The number of rotatable bonds is 4. The molecule has 88 valence electrons. The van der Waals surface area contributed by atoms with Crippen LogP contribution in [0.4, 0.5) is 5.69 Å². The SMILES string of the molecule is C[C@@H](CC(=S)N(C)C)Sc1ccccc1N. The molecule has 1 aromatic rings. The lowest BCUT2D eigenvalue weighted by Gasteiger charge is -2.18. The standard InChI is InChI=1S/C12H18N2S2/c1-9(8-12(15)14(2)3)16-11-7-5-4-6-10(11)13/h4-7,9H,8,13H2,1-3H3/t9-/m0/s1. The topological polar surface area (TPSA) is 29.3 Å². The zero-order valence-electron chi connectivity index (χ0n) is 9.93. The summed E-state index contributed by atoms with van der Waals surface area (Å²) in [6, 6.07) is 7.94. The molecule has 0 spiro atoms. The highest BCUT2D eigenvalue weighted by Crippen LogP contribution is 2.30.